The van der Waals surface area contributed by atoms with Crippen molar-refractivity contribution in [3.8, 4) is 0 Å². The topological polar surface area (TPSA) is 34.1 Å². The highest BCUT2D eigenvalue weighted by Gasteiger charge is 2.36. The molecule has 1 aromatic rings. The third-order valence-electron chi connectivity index (χ3n) is 1.95. The number of hydrogen-bond acceptors (Lipinski definition) is 2. The molecule has 0 aliphatic carbocycles. The van der Waals surface area contributed by atoms with E-state index in [1.807, 2.05) is 0 Å². The predicted molar refractivity (Wildman–Crippen MR) is 64.6 cm³/mol. The van der Waals surface area contributed by atoms with Crippen LogP contribution in [-0.4, -0.2) is 17.9 Å². The molecule has 0 atom stereocenters. The van der Waals surface area contributed by atoms with Gasteiger partial charge in [-0.3, -0.25) is 9.59 Å². The Hall–Kier alpha value is -0.630. The fourth-order valence-corrected chi connectivity index (χ4v) is 2.35. The number of carbonyl (C=O) groups excluding carboxylic acids is 2. The Kier molecular flexibility index (Phi) is 4.54. The van der Waals surface area contributed by atoms with Crippen LogP contribution in [0.25, 0.3) is 0 Å². The van der Waals surface area contributed by atoms with Gasteiger partial charge in [-0.25, -0.2) is 0 Å². The van der Waals surface area contributed by atoms with Gasteiger partial charge in [-0.1, -0.05) is 0 Å². The monoisotopic (exact) mass is 376 g/mol. The molecular weight excluding hydrogens is 371 g/mol. The number of benzene rings is 1. The number of hydrogen-bond donors (Lipinski definition) is 0. The highest BCUT2D eigenvalue weighted by Crippen LogP contribution is 2.35. The van der Waals surface area contributed by atoms with Crippen molar-refractivity contribution < 1.29 is 22.8 Å². The van der Waals surface area contributed by atoms with Gasteiger partial charge in [0.1, 0.15) is 6.29 Å². The molecule has 0 heterocycles. The molecule has 0 unspecified atom stereocenters. The molecule has 7 heteroatoms. The predicted octanol–water partition coefficient (Wildman–Crippen LogP) is 3.54. The Balaban J connectivity index is 3.57. The standard InChI is InChI=1S/C10H5ClF3IO2/c11-3-8(17)9-6(10(12,13)14)1-5(4-16)2-7(9)15/h1-2,4H,3H2. The summed E-state index contributed by atoms with van der Waals surface area (Å²) >= 11 is 6.84. The molecule has 1 rings (SSSR count). The van der Waals surface area contributed by atoms with Gasteiger partial charge >= 0.3 is 6.18 Å². The second kappa shape index (κ2) is 5.34. The van der Waals surface area contributed by atoms with Crippen LogP contribution in [0.5, 0.6) is 0 Å². The number of halogens is 5. The fraction of sp³-hybridized carbons (Fsp3) is 0.200. The van der Waals surface area contributed by atoms with Crippen molar-refractivity contribution >= 4 is 46.3 Å². The van der Waals surface area contributed by atoms with Crippen LogP contribution in [0.2, 0.25) is 0 Å². The Labute approximate surface area is 113 Å². The summed E-state index contributed by atoms with van der Waals surface area (Å²) in [5.74, 6) is -1.36. The lowest BCUT2D eigenvalue weighted by molar-refractivity contribution is -0.138. The lowest BCUT2D eigenvalue weighted by atomic mass is 10.0. The smallest absolute Gasteiger partial charge is 0.298 e. The lowest BCUT2D eigenvalue weighted by Crippen LogP contribution is -2.16. The first kappa shape index (κ1) is 14.4. The molecule has 92 valence electrons. The summed E-state index contributed by atoms with van der Waals surface area (Å²) in [6.45, 7) is 0. The zero-order valence-electron chi connectivity index (χ0n) is 8.15. The maximum Gasteiger partial charge on any atom is 0.417 e. The summed E-state index contributed by atoms with van der Waals surface area (Å²) in [7, 11) is 0. The fourth-order valence-electron chi connectivity index (χ4n) is 1.27. The maximum absolute atomic E-state index is 12.7. The highest BCUT2D eigenvalue weighted by molar-refractivity contribution is 14.1. The van der Waals surface area contributed by atoms with E-state index in [-0.39, 0.29) is 9.13 Å². The molecule has 0 aromatic heterocycles. The van der Waals surface area contributed by atoms with Gasteiger partial charge < -0.3 is 0 Å². The first-order chi connectivity index (χ1) is 7.81. The van der Waals surface area contributed by atoms with Crippen LogP contribution in [0.15, 0.2) is 12.1 Å². The first-order valence-electron chi connectivity index (χ1n) is 4.26. The summed E-state index contributed by atoms with van der Waals surface area (Å²) in [6, 6.07) is 1.86. The van der Waals surface area contributed by atoms with Crippen molar-refractivity contribution in [1.82, 2.24) is 0 Å². The van der Waals surface area contributed by atoms with E-state index in [2.05, 4.69) is 0 Å². The van der Waals surface area contributed by atoms with Crippen LogP contribution >= 0.6 is 34.2 Å². The van der Waals surface area contributed by atoms with Crippen LogP contribution in [0.3, 0.4) is 0 Å². The zero-order chi connectivity index (χ0) is 13.2. The van der Waals surface area contributed by atoms with Gasteiger partial charge in [0.2, 0.25) is 0 Å². The van der Waals surface area contributed by atoms with Crippen molar-refractivity contribution in [3.63, 3.8) is 0 Å². The molecule has 0 spiro atoms. The largest absolute Gasteiger partial charge is 0.417 e. The molecule has 17 heavy (non-hydrogen) atoms. The second-order valence-electron chi connectivity index (χ2n) is 3.10. The van der Waals surface area contributed by atoms with Crippen molar-refractivity contribution in [2.75, 3.05) is 5.88 Å². The molecule has 0 radical (unpaired) electrons. The summed E-state index contributed by atoms with van der Waals surface area (Å²) in [6.07, 6.45) is -4.40. The van der Waals surface area contributed by atoms with Gasteiger partial charge in [0, 0.05) is 14.7 Å². The second-order valence-corrected chi connectivity index (χ2v) is 4.53. The molecule has 0 bridgehead atoms. The minimum absolute atomic E-state index is 0.0603. The molecule has 0 N–H and O–H groups in total. The number of Topliss-reactive ketones (excluding diaryl/α,β-unsaturated/α-hetero) is 1. The molecule has 0 saturated carbocycles. The molecule has 1 aromatic carbocycles. The molecule has 0 amide bonds. The first-order valence-corrected chi connectivity index (χ1v) is 5.87. The number of rotatable bonds is 3. The number of alkyl halides is 4. The third-order valence-corrected chi connectivity index (χ3v) is 3.05. The number of aldehydes is 1. The van der Waals surface area contributed by atoms with E-state index < -0.39 is 29.0 Å². The maximum atomic E-state index is 12.7. The van der Waals surface area contributed by atoms with Gasteiger partial charge in [-0.15, -0.1) is 11.6 Å². The van der Waals surface area contributed by atoms with E-state index in [1.54, 1.807) is 22.6 Å². The summed E-state index contributed by atoms with van der Waals surface area (Å²) in [5, 5.41) is 0. The van der Waals surface area contributed by atoms with E-state index in [4.69, 9.17) is 11.6 Å². The Bertz CT molecular complexity index is 471. The number of carbonyl (C=O) groups is 2. The van der Waals surface area contributed by atoms with Gasteiger partial charge in [0.25, 0.3) is 0 Å². The highest BCUT2D eigenvalue weighted by atomic mass is 127. The zero-order valence-corrected chi connectivity index (χ0v) is 11.1. The minimum atomic E-state index is -4.70. The summed E-state index contributed by atoms with van der Waals surface area (Å²) < 4.78 is 38.2. The van der Waals surface area contributed by atoms with Crippen LogP contribution in [0.4, 0.5) is 13.2 Å². The van der Waals surface area contributed by atoms with E-state index in [0.29, 0.717) is 12.4 Å². The van der Waals surface area contributed by atoms with E-state index in [1.165, 1.54) is 6.07 Å². The molecule has 2 nitrogen and oxygen atoms in total. The number of ketones is 1. The minimum Gasteiger partial charge on any atom is -0.298 e. The molecule has 0 saturated heterocycles. The van der Waals surface area contributed by atoms with Gasteiger partial charge in [0.15, 0.2) is 5.78 Å². The Morgan fingerprint density at radius 1 is 1.41 bits per heavy atom. The van der Waals surface area contributed by atoms with Crippen LogP contribution < -0.4 is 0 Å². The lowest BCUT2D eigenvalue weighted by Gasteiger charge is -2.13. The van der Waals surface area contributed by atoms with E-state index >= 15 is 0 Å². The van der Waals surface area contributed by atoms with Crippen molar-refractivity contribution in [1.29, 1.82) is 0 Å². The van der Waals surface area contributed by atoms with Crippen LogP contribution in [-0.2, 0) is 6.18 Å². The van der Waals surface area contributed by atoms with Gasteiger partial charge in [-0.05, 0) is 34.7 Å². The Morgan fingerprint density at radius 3 is 2.41 bits per heavy atom. The molecule has 0 aliphatic rings. The normalized spacial score (nSPS) is 11.4. The van der Waals surface area contributed by atoms with Crippen molar-refractivity contribution in [2.45, 2.75) is 6.18 Å². The van der Waals surface area contributed by atoms with Crippen LogP contribution in [0, 0.1) is 3.57 Å². The van der Waals surface area contributed by atoms with Gasteiger partial charge in [-0.2, -0.15) is 13.2 Å². The van der Waals surface area contributed by atoms with E-state index in [0.717, 1.165) is 0 Å². The van der Waals surface area contributed by atoms with Gasteiger partial charge in [0.05, 0.1) is 11.4 Å². The van der Waals surface area contributed by atoms with E-state index in [9.17, 15) is 22.8 Å². The van der Waals surface area contributed by atoms with Crippen molar-refractivity contribution in [2.24, 2.45) is 0 Å². The SMILES string of the molecule is O=Cc1cc(I)c(C(=O)CCl)c(C(F)(F)F)c1. The molecular formula is C10H5ClF3IO2. The quantitative estimate of drug-likeness (QED) is 0.350. The molecule has 0 aliphatic heterocycles. The summed E-state index contributed by atoms with van der Waals surface area (Å²) in [5.41, 5.74) is -1.75. The van der Waals surface area contributed by atoms with Crippen LogP contribution in [0.1, 0.15) is 26.3 Å². The average molecular weight is 376 g/mol. The average Bonchev–Trinajstić information content (AvgIpc) is 2.25. The Morgan fingerprint density at radius 2 is 2.00 bits per heavy atom. The summed E-state index contributed by atoms with van der Waals surface area (Å²) in [4.78, 5) is 21.9. The third kappa shape index (κ3) is 3.19. The van der Waals surface area contributed by atoms with Crippen molar-refractivity contribution in [3.05, 3.63) is 32.4 Å². The molecule has 0 fully saturated rings.